The van der Waals surface area contributed by atoms with Gasteiger partial charge in [0.05, 0.1) is 4.92 Å². The molecule has 1 aromatic rings. The lowest BCUT2D eigenvalue weighted by Gasteiger charge is -1.77. The van der Waals surface area contributed by atoms with Crippen LogP contribution in [0.4, 0.5) is 11.6 Å². The van der Waals surface area contributed by atoms with Gasteiger partial charge in [-0.25, -0.2) is 0 Å². The molecular weight excluding hydrogens is 156 g/mol. The summed E-state index contributed by atoms with van der Waals surface area (Å²) in [6, 6.07) is 0.750. The number of furan rings is 1. The highest BCUT2D eigenvalue weighted by atomic mass is 16.7. The molecule has 58 valence electrons. The van der Waals surface area contributed by atoms with Crippen LogP contribution in [0.3, 0.4) is 0 Å². The molecule has 0 aromatic carbocycles. The minimum absolute atomic E-state index is 0.420. The highest BCUT2D eigenvalue weighted by molar-refractivity contribution is 5.33. The lowest BCUT2D eigenvalue weighted by atomic mass is 10.5. The third-order valence-corrected chi connectivity index (χ3v) is 0.963. The van der Waals surface area contributed by atoms with Gasteiger partial charge in [-0.1, -0.05) is 0 Å². The van der Waals surface area contributed by atoms with Gasteiger partial charge >= 0.3 is 11.6 Å². The van der Waals surface area contributed by atoms with E-state index in [-0.39, 0.29) is 0 Å². The zero-order valence-electron chi connectivity index (χ0n) is 5.09. The average molecular weight is 158 g/mol. The fraction of sp³-hybridized carbons (Fsp3) is 0. The number of nitro groups is 2. The first-order valence-corrected chi connectivity index (χ1v) is 2.48. The van der Waals surface area contributed by atoms with Crippen molar-refractivity contribution >= 4 is 11.6 Å². The average Bonchev–Trinajstić information content (AvgIpc) is 2.33. The molecule has 11 heavy (non-hydrogen) atoms. The van der Waals surface area contributed by atoms with E-state index in [0.29, 0.717) is 0 Å². The van der Waals surface area contributed by atoms with E-state index in [1.807, 2.05) is 0 Å². The van der Waals surface area contributed by atoms with E-state index in [1.165, 1.54) is 0 Å². The van der Waals surface area contributed by atoms with Crippen LogP contribution in [0.5, 0.6) is 0 Å². The lowest BCUT2D eigenvalue weighted by Crippen LogP contribution is -1.85. The summed E-state index contributed by atoms with van der Waals surface area (Å²) in [6.45, 7) is 0. The molecule has 0 N–H and O–H groups in total. The molecule has 7 nitrogen and oxygen atoms in total. The third kappa shape index (κ3) is 1.31. The molecule has 0 spiro atoms. The quantitative estimate of drug-likeness (QED) is 0.473. The molecule has 0 radical (unpaired) electrons. The number of hydrogen-bond acceptors (Lipinski definition) is 5. The van der Waals surface area contributed by atoms with Gasteiger partial charge in [-0.05, 0) is 0 Å². The minimum Gasteiger partial charge on any atom is -0.402 e. The van der Waals surface area contributed by atoms with E-state index in [0.717, 1.165) is 12.3 Å². The minimum atomic E-state index is -0.840. The van der Waals surface area contributed by atoms with Gasteiger partial charge in [0.1, 0.15) is 11.0 Å². The Morgan fingerprint density at radius 1 is 1.27 bits per heavy atom. The van der Waals surface area contributed by atoms with Crippen LogP contribution >= 0.6 is 0 Å². The first-order valence-electron chi connectivity index (χ1n) is 2.48. The van der Waals surface area contributed by atoms with Gasteiger partial charge in [0, 0.05) is 0 Å². The van der Waals surface area contributed by atoms with Crippen molar-refractivity contribution in [1.82, 2.24) is 0 Å². The fourth-order valence-corrected chi connectivity index (χ4v) is 0.507. The van der Waals surface area contributed by atoms with E-state index < -0.39 is 21.4 Å². The molecule has 1 heterocycles. The third-order valence-electron chi connectivity index (χ3n) is 0.963. The molecule has 0 unspecified atom stereocenters. The predicted octanol–water partition coefficient (Wildman–Crippen LogP) is 1.10. The van der Waals surface area contributed by atoms with Crippen molar-refractivity contribution in [2.45, 2.75) is 0 Å². The van der Waals surface area contributed by atoms with Crippen LogP contribution < -0.4 is 0 Å². The molecular formula is C4H2N2O5. The summed E-state index contributed by atoms with van der Waals surface area (Å²) in [5.74, 6) is -0.628. The zero-order valence-corrected chi connectivity index (χ0v) is 5.09. The Labute approximate surface area is 59.5 Å². The van der Waals surface area contributed by atoms with Gasteiger partial charge in [0.2, 0.25) is 0 Å². The summed E-state index contributed by atoms with van der Waals surface area (Å²) in [5, 5.41) is 19.9. The van der Waals surface area contributed by atoms with Gasteiger partial charge in [-0.15, -0.1) is 0 Å². The van der Waals surface area contributed by atoms with Crippen molar-refractivity contribution < 1.29 is 14.3 Å². The number of rotatable bonds is 2. The van der Waals surface area contributed by atoms with Crippen LogP contribution in [0.25, 0.3) is 0 Å². The van der Waals surface area contributed by atoms with E-state index in [4.69, 9.17) is 0 Å². The zero-order chi connectivity index (χ0) is 8.43. The first kappa shape index (κ1) is 7.19. The maximum absolute atomic E-state index is 9.96. The Morgan fingerprint density at radius 3 is 2.18 bits per heavy atom. The monoisotopic (exact) mass is 158 g/mol. The van der Waals surface area contributed by atoms with Crippen LogP contribution in [-0.2, 0) is 0 Å². The van der Waals surface area contributed by atoms with Crippen LogP contribution in [0.2, 0.25) is 0 Å². The van der Waals surface area contributed by atoms with E-state index in [1.54, 1.807) is 0 Å². The molecule has 0 saturated heterocycles. The Hall–Kier alpha value is -1.92. The molecule has 0 aliphatic heterocycles. The Bertz CT molecular complexity index is 275. The summed E-state index contributed by atoms with van der Waals surface area (Å²) in [7, 11) is 0. The van der Waals surface area contributed by atoms with E-state index in [9.17, 15) is 20.2 Å². The Balaban J connectivity index is 2.99. The van der Waals surface area contributed by atoms with Crippen LogP contribution in [0.15, 0.2) is 16.7 Å². The molecule has 0 saturated carbocycles. The molecule has 1 rings (SSSR count). The summed E-state index contributed by atoms with van der Waals surface area (Å²) in [5.41, 5.74) is -0.420. The van der Waals surface area contributed by atoms with Crippen molar-refractivity contribution in [3.8, 4) is 0 Å². The molecule has 1 aromatic heterocycles. The maximum Gasteiger partial charge on any atom is 0.440 e. The SMILES string of the molecule is O=[N+]([O-])c1coc([N+](=O)[O-])c1. The second-order valence-corrected chi connectivity index (χ2v) is 1.66. The maximum atomic E-state index is 9.96. The fourth-order valence-electron chi connectivity index (χ4n) is 0.507. The first-order chi connectivity index (χ1) is 5.11. The predicted molar refractivity (Wildman–Crippen MR) is 32.0 cm³/mol. The van der Waals surface area contributed by atoms with Gasteiger partial charge in [0.25, 0.3) is 0 Å². The highest BCUT2D eigenvalue weighted by Crippen LogP contribution is 2.21. The van der Waals surface area contributed by atoms with Crippen molar-refractivity contribution in [2.24, 2.45) is 0 Å². The molecule has 0 aliphatic rings. The number of nitrogens with zero attached hydrogens (tertiary/aromatic N) is 2. The van der Waals surface area contributed by atoms with Crippen LogP contribution in [0, 0.1) is 20.2 Å². The second kappa shape index (κ2) is 2.37. The highest BCUT2D eigenvalue weighted by Gasteiger charge is 2.18. The number of hydrogen-bond donors (Lipinski definition) is 0. The van der Waals surface area contributed by atoms with Crippen LogP contribution in [-0.4, -0.2) is 9.85 Å². The van der Waals surface area contributed by atoms with Gasteiger partial charge in [0.15, 0.2) is 6.26 Å². The van der Waals surface area contributed by atoms with Crippen LogP contribution in [0.1, 0.15) is 0 Å². The standard InChI is InChI=1S/C4H2N2O5/c7-5(8)3-1-4(6(9)10)11-2-3/h1-2H. The molecule has 0 amide bonds. The van der Waals surface area contributed by atoms with Gasteiger partial charge in [-0.3, -0.25) is 20.2 Å². The normalized spacial score (nSPS) is 9.45. The molecule has 0 fully saturated rings. The van der Waals surface area contributed by atoms with E-state index >= 15 is 0 Å². The molecule has 0 aliphatic carbocycles. The van der Waals surface area contributed by atoms with Crippen molar-refractivity contribution in [2.75, 3.05) is 0 Å². The van der Waals surface area contributed by atoms with E-state index in [2.05, 4.69) is 4.42 Å². The summed E-state index contributed by atoms with van der Waals surface area (Å²) >= 11 is 0. The van der Waals surface area contributed by atoms with Gasteiger partial charge < -0.3 is 4.42 Å². The van der Waals surface area contributed by atoms with Crippen molar-refractivity contribution in [3.63, 3.8) is 0 Å². The Morgan fingerprint density at radius 2 is 1.91 bits per heavy atom. The lowest BCUT2D eigenvalue weighted by molar-refractivity contribution is -0.402. The van der Waals surface area contributed by atoms with Crippen molar-refractivity contribution in [1.29, 1.82) is 0 Å². The summed E-state index contributed by atoms with van der Waals surface area (Å²) in [6.07, 6.45) is 0.720. The van der Waals surface area contributed by atoms with Gasteiger partial charge in [-0.2, -0.15) is 0 Å². The largest absolute Gasteiger partial charge is 0.440 e. The molecule has 0 atom stereocenters. The smallest absolute Gasteiger partial charge is 0.402 e. The topological polar surface area (TPSA) is 99.4 Å². The molecule has 7 heteroatoms. The summed E-state index contributed by atoms with van der Waals surface area (Å²) in [4.78, 5) is 18.3. The molecule has 0 bridgehead atoms. The second-order valence-electron chi connectivity index (χ2n) is 1.66. The summed E-state index contributed by atoms with van der Waals surface area (Å²) < 4.78 is 4.25. The van der Waals surface area contributed by atoms with Crippen molar-refractivity contribution in [3.05, 3.63) is 32.6 Å². The Kier molecular flexibility index (Phi) is 1.55.